The van der Waals surface area contributed by atoms with E-state index in [-0.39, 0.29) is 30.1 Å². The molecular weight excluding hydrogens is 564 g/mol. The number of amides is 2. The maximum Gasteiger partial charge on any atom is 0.490 e. The van der Waals surface area contributed by atoms with Crippen LogP contribution in [0.4, 0.5) is 17.6 Å². The van der Waals surface area contributed by atoms with Gasteiger partial charge < -0.3 is 14.6 Å². The molecule has 42 heavy (non-hydrogen) atoms. The van der Waals surface area contributed by atoms with Crippen LogP contribution in [0.15, 0.2) is 42.5 Å². The molecule has 228 valence electrons. The zero-order valence-electron chi connectivity index (χ0n) is 23.6. The van der Waals surface area contributed by atoms with Crippen molar-refractivity contribution in [3.8, 4) is 16.9 Å². The number of aliphatic carboxylic acids is 1. The lowest BCUT2D eigenvalue weighted by molar-refractivity contribution is -0.192. The number of carbonyl (C=O) groups excluding carboxylic acids is 3. The van der Waals surface area contributed by atoms with Crippen molar-refractivity contribution in [3.63, 3.8) is 0 Å². The van der Waals surface area contributed by atoms with Gasteiger partial charge in [-0.25, -0.2) is 9.18 Å². The number of likely N-dealkylation sites (tertiary alicyclic amines) is 1. The quantitative estimate of drug-likeness (QED) is 0.275. The number of hydrogen-bond acceptors (Lipinski definition) is 7. The third-order valence-electron chi connectivity index (χ3n) is 7.32. The van der Waals surface area contributed by atoms with E-state index < -0.39 is 41.5 Å². The first-order valence-corrected chi connectivity index (χ1v) is 13.1. The number of imide groups is 1. The maximum absolute atomic E-state index is 13.4. The highest BCUT2D eigenvalue weighted by Gasteiger charge is 2.68. The number of rotatable bonds is 7. The molecule has 0 aromatic heterocycles. The van der Waals surface area contributed by atoms with Gasteiger partial charge in [0.2, 0.25) is 11.8 Å². The number of nitrogens with one attached hydrogen (secondary N) is 1. The van der Waals surface area contributed by atoms with Gasteiger partial charge >= 0.3 is 18.1 Å². The van der Waals surface area contributed by atoms with Crippen LogP contribution >= 0.6 is 0 Å². The van der Waals surface area contributed by atoms with Crippen molar-refractivity contribution >= 4 is 23.8 Å². The molecule has 0 saturated carbocycles. The number of hydrogen-bond donors (Lipinski definition) is 2. The van der Waals surface area contributed by atoms with Gasteiger partial charge in [0.25, 0.3) is 0 Å². The Morgan fingerprint density at radius 3 is 2.14 bits per heavy atom. The molecule has 0 bridgehead atoms. The second-order valence-electron chi connectivity index (χ2n) is 10.4. The first kappa shape index (κ1) is 32.5. The van der Waals surface area contributed by atoms with Crippen LogP contribution in [0.5, 0.6) is 5.75 Å². The third kappa shape index (κ3) is 6.10. The number of esters is 1. The number of ether oxygens (including phenoxy) is 2. The molecule has 2 fully saturated rings. The Balaban J connectivity index is 0.000000616. The molecule has 0 spiro atoms. The Labute approximate surface area is 239 Å². The number of carboxylic acids is 1. The van der Waals surface area contributed by atoms with Crippen LogP contribution < -0.4 is 10.1 Å². The van der Waals surface area contributed by atoms with Gasteiger partial charge in [0.1, 0.15) is 17.1 Å². The molecule has 4 atom stereocenters. The predicted molar refractivity (Wildman–Crippen MR) is 142 cm³/mol. The largest absolute Gasteiger partial charge is 0.496 e. The summed E-state index contributed by atoms with van der Waals surface area (Å²) < 4.78 is 56.0. The number of benzene rings is 2. The van der Waals surface area contributed by atoms with Crippen molar-refractivity contribution in [1.29, 1.82) is 0 Å². The topological polar surface area (TPSA) is 122 Å². The van der Waals surface area contributed by atoms with Gasteiger partial charge in [0.15, 0.2) is 0 Å². The highest BCUT2D eigenvalue weighted by Crippen LogP contribution is 2.51. The summed E-state index contributed by atoms with van der Waals surface area (Å²) in [6.45, 7) is 5.92. The molecule has 9 nitrogen and oxygen atoms in total. The van der Waals surface area contributed by atoms with E-state index in [9.17, 15) is 31.9 Å². The number of alkyl halides is 3. The Hall–Kier alpha value is -4.00. The van der Waals surface area contributed by atoms with E-state index in [0.29, 0.717) is 12.2 Å². The molecule has 0 aliphatic carbocycles. The summed E-state index contributed by atoms with van der Waals surface area (Å²) in [5.74, 6) is -5.29. The predicted octanol–water partition coefficient (Wildman–Crippen LogP) is 4.36. The Morgan fingerprint density at radius 1 is 1.07 bits per heavy atom. The van der Waals surface area contributed by atoms with Gasteiger partial charge in [-0.15, -0.1) is 0 Å². The van der Waals surface area contributed by atoms with Crippen molar-refractivity contribution in [2.24, 2.45) is 17.8 Å². The molecule has 2 aliphatic heterocycles. The number of carboxylic acid groups (broad SMARTS) is 1. The van der Waals surface area contributed by atoms with Gasteiger partial charge in [0, 0.05) is 18.2 Å². The molecule has 2 aromatic rings. The van der Waals surface area contributed by atoms with Crippen molar-refractivity contribution < 1.29 is 51.3 Å². The molecule has 2 saturated heterocycles. The lowest BCUT2D eigenvalue weighted by Crippen LogP contribution is -2.57. The van der Waals surface area contributed by atoms with Crippen LogP contribution in [0.2, 0.25) is 0 Å². The number of carbonyl (C=O) groups is 4. The van der Waals surface area contributed by atoms with Crippen LogP contribution in [0.1, 0.15) is 38.8 Å². The summed E-state index contributed by atoms with van der Waals surface area (Å²) in [4.78, 5) is 50.2. The van der Waals surface area contributed by atoms with Crippen molar-refractivity contribution in [3.05, 3.63) is 53.8 Å². The molecule has 0 radical (unpaired) electrons. The summed E-state index contributed by atoms with van der Waals surface area (Å²) in [6.07, 6.45) is -4.74. The Kier molecular flexibility index (Phi) is 9.66. The zero-order valence-corrected chi connectivity index (χ0v) is 23.6. The molecular formula is C29H32F4N2O7. The van der Waals surface area contributed by atoms with Crippen LogP contribution in [-0.2, 0) is 23.9 Å². The zero-order chi connectivity index (χ0) is 31.6. The monoisotopic (exact) mass is 596 g/mol. The van der Waals surface area contributed by atoms with Crippen molar-refractivity contribution in [2.75, 3.05) is 20.8 Å². The van der Waals surface area contributed by atoms with Gasteiger partial charge in [-0.3, -0.25) is 24.6 Å². The SMILES string of the molecule is CCN1C(=O)[C@H]2[C@@H](c3ccc(-c4ccc(F)cc4)c(OC)c3)N[C@@](CC(C)C)(C(=O)OC)[C@H]2C1=O.O=C(O)C(F)(F)F. The summed E-state index contributed by atoms with van der Waals surface area (Å²) in [7, 11) is 2.84. The van der Waals surface area contributed by atoms with E-state index in [1.807, 2.05) is 32.0 Å². The fourth-order valence-corrected chi connectivity index (χ4v) is 5.71. The van der Waals surface area contributed by atoms with E-state index >= 15 is 0 Å². The lowest BCUT2D eigenvalue weighted by Gasteiger charge is -2.33. The summed E-state index contributed by atoms with van der Waals surface area (Å²) in [5.41, 5.74) is 0.935. The van der Waals surface area contributed by atoms with Crippen molar-refractivity contribution in [2.45, 2.75) is 44.9 Å². The number of methoxy groups -OCH3 is 2. The Bertz CT molecular complexity index is 1350. The molecule has 2 amide bonds. The highest BCUT2D eigenvalue weighted by atomic mass is 19.4. The minimum Gasteiger partial charge on any atom is -0.496 e. The molecule has 2 aliphatic rings. The lowest BCUT2D eigenvalue weighted by atomic mass is 9.75. The fourth-order valence-electron chi connectivity index (χ4n) is 5.71. The smallest absolute Gasteiger partial charge is 0.490 e. The fraction of sp³-hybridized carbons (Fsp3) is 0.448. The molecule has 4 rings (SSSR count). The normalized spacial score (nSPS) is 23.4. The number of fused-ring (bicyclic) bond motifs is 1. The number of halogens is 4. The van der Waals surface area contributed by atoms with E-state index in [0.717, 1.165) is 16.7 Å². The van der Waals surface area contributed by atoms with E-state index in [4.69, 9.17) is 19.4 Å². The van der Waals surface area contributed by atoms with Gasteiger partial charge in [-0.1, -0.05) is 38.1 Å². The van der Waals surface area contributed by atoms with Gasteiger partial charge in [0.05, 0.1) is 26.1 Å². The first-order chi connectivity index (χ1) is 19.6. The van der Waals surface area contributed by atoms with Gasteiger partial charge in [-0.05, 0) is 48.6 Å². The minimum atomic E-state index is -5.08. The minimum absolute atomic E-state index is 0.0648. The molecule has 2 N–H and O–H groups in total. The summed E-state index contributed by atoms with van der Waals surface area (Å²) in [6, 6.07) is 11.0. The second kappa shape index (κ2) is 12.5. The maximum atomic E-state index is 13.4. The van der Waals surface area contributed by atoms with E-state index in [1.165, 1.54) is 31.3 Å². The highest BCUT2D eigenvalue weighted by molar-refractivity contribution is 6.09. The van der Waals surface area contributed by atoms with Crippen LogP contribution in [0, 0.1) is 23.6 Å². The molecule has 0 unspecified atom stereocenters. The Morgan fingerprint density at radius 2 is 1.67 bits per heavy atom. The summed E-state index contributed by atoms with van der Waals surface area (Å²) in [5, 5.41) is 10.5. The summed E-state index contributed by atoms with van der Waals surface area (Å²) >= 11 is 0. The molecule has 2 heterocycles. The number of nitrogens with zero attached hydrogens (tertiary/aromatic N) is 1. The average molecular weight is 597 g/mol. The molecule has 2 aromatic carbocycles. The van der Waals surface area contributed by atoms with Crippen LogP contribution in [0.3, 0.4) is 0 Å². The third-order valence-corrected chi connectivity index (χ3v) is 7.32. The average Bonchev–Trinajstić information content (AvgIpc) is 3.40. The van der Waals surface area contributed by atoms with E-state index in [1.54, 1.807) is 19.1 Å². The van der Waals surface area contributed by atoms with E-state index in [2.05, 4.69) is 5.32 Å². The molecule has 13 heteroatoms. The standard InChI is InChI=1S/C27H31FN2O5.C2HF3O2/c1-6-30-24(31)21-22(25(30)32)27(14-15(2)3,26(33)35-5)29-23(21)17-9-12-19(20(13-17)34-4)16-7-10-18(28)11-8-16;3-2(4,5)1(6)7/h7-13,15,21-23,29H,6,14H2,1-5H3;(H,6,7)/t21-,22-,23-,27-;/m1./s1. The van der Waals surface area contributed by atoms with Crippen molar-refractivity contribution in [1.82, 2.24) is 10.2 Å². The second-order valence-corrected chi connectivity index (χ2v) is 10.4. The van der Waals surface area contributed by atoms with Gasteiger partial charge in [-0.2, -0.15) is 13.2 Å². The first-order valence-electron chi connectivity index (χ1n) is 13.1. The van der Waals surface area contributed by atoms with Crippen LogP contribution in [-0.4, -0.2) is 66.2 Å². The van der Waals surface area contributed by atoms with Crippen LogP contribution in [0.25, 0.3) is 11.1 Å².